The van der Waals surface area contributed by atoms with E-state index in [1.165, 1.54) is 0 Å². The largest absolute Gasteiger partial charge is 0.388 e. The lowest BCUT2D eigenvalue weighted by Crippen LogP contribution is -2.34. The van der Waals surface area contributed by atoms with E-state index >= 15 is 0 Å². The van der Waals surface area contributed by atoms with Gasteiger partial charge in [-0.1, -0.05) is 0 Å². The van der Waals surface area contributed by atoms with E-state index in [0.717, 1.165) is 17.2 Å². The summed E-state index contributed by atoms with van der Waals surface area (Å²) in [4.78, 5) is 0. The molecule has 0 aliphatic rings. The zero-order valence-electron chi connectivity index (χ0n) is 7.55. The minimum atomic E-state index is 0.115. The highest BCUT2D eigenvalue weighted by Crippen LogP contribution is 2.04. The van der Waals surface area contributed by atoms with Crippen molar-refractivity contribution in [2.75, 3.05) is 0 Å². The predicted molar refractivity (Wildman–Crippen MR) is 42.0 cm³/mol. The van der Waals surface area contributed by atoms with Crippen LogP contribution in [0.4, 0.5) is 0 Å². The maximum Gasteiger partial charge on any atom is 0.253 e. The van der Waals surface area contributed by atoms with Gasteiger partial charge < -0.3 is 5.11 Å². The molecule has 0 fully saturated rings. The molecule has 1 heterocycles. The molecule has 62 valence electrons. The van der Waals surface area contributed by atoms with Crippen molar-refractivity contribution in [3.8, 4) is 0 Å². The van der Waals surface area contributed by atoms with Gasteiger partial charge in [0.05, 0.1) is 14.1 Å². The fourth-order valence-electron chi connectivity index (χ4n) is 1.32. The van der Waals surface area contributed by atoms with Gasteiger partial charge in [0.25, 0.3) is 5.82 Å². The van der Waals surface area contributed by atoms with E-state index in [2.05, 4.69) is 4.57 Å². The van der Waals surface area contributed by atoms with Crippen molar-refractivity contribution >= 4 is 0 Å². The van der Waals surface area contributed by atoms with E-state index in [1.807, 2.05) is 32.5 Å². The Labute approximate surface area is 66.9 Å². The summed E-state index contributed by atoms with van der Waals surface area (Å²) in [7, 11) is 3.97. The Hall–Kier alpha value is -0.830. The van der Waals surface area contributed by atoms with Crippen LogP contribution in [0.15, 0.2) is 0 Å². The molecule has 0 aliphatic heterocycles. The van der Waals surface area contributed by atoms with Gasteiger partial charge in [-0.05, 0) is 0 Å². The first-order chi connectivity index (χ1) is 5.09. The first-order valence-electron chi connectivity index (χ1n) is 3.71. The zero-order valence-corrected chi connectivity index (χ0v) is 7.55. The maximum atomic E-state index is 9.00. The summed E-state index contributed by atoms with van der Waals surface area (Å²) < 4.78 is 4.08. The first kappa shape index (κ1) is 8.27. The minimum Gasteiger partial charge on any atom is -0.388 e. The summed E-state index contributed by atoms with van der Waals surface area (Å²) >= 11 is 0. The quantitative estimate of drug-likeness (QED) is 0.566. The van der Waals surface area contributed by atoms with Crippen LogP contribution in [-0.4, -0.2) is 9.67 Å². The number of rotatable bonds is 1. The molecule has 0 aromatic carbocycles. The van der Waals surface area contributed by atoms with Crippen molar-refractivity contribution < 1.29 is 9.67 Å². The van der Waals surface area contributed by atoms with Gasteiger partial charge in [-0.15, -0.1) is 0 Å². The van der Waals surface area contributed by atoms with E-state index < -0.39 is 0 Å². The Morgan fingerprint density at radius 1 is 1.45 bits per heavy atom. The predicted octanol–water partition coefficient (Wildman–Crippen LogP) is -0.0413. The number of aliphatic hydroxyl groups is 1. The maximum absolute atomic E-state index is 9.00. The Morgan fingerprint density at radius 2 is 2.00 bits per heavy atom. The van der Waals surface area contributed by atoms with Gasteiger partial charge in [-0.2, -0.15) is 0 Å². The van der Waals surface area contributed by atoms with Crippen LogP contribution in [-0.2, 0) is 20.7 Å². The summed E-state index contributed by atoms with van der Waals surface area (Å²) in [6.07, 6.45) is 0. The van der Waals surface area contributed by atoms with E-state index in [-0.39, 0.29) is 6.61 Å². The van der Waals surface area contributed by atoms with Gasteiger partial charge in [0.1, 0.15) is 12.3 Å². The lowest BCUT2D eigenvalue weighted by molar-refractivity contribution is -0.686. The average molecular weight is 155 g/mol. The van der Waals surface area contributed by atoms with Crippen molar-refractivity contribution in [1.29, 1.82) is 0 Å². The molecular formula is C8H15N2O+. The van der Waals surface area contributed by atoms with Crippen LogP contribution in [0.2, 0.25) is 0 Å². The highest BCUT2D eigenvalue weighted by molar-refractivity contribution is 5.06. The van der Waals surface area contributed by atoms with Crippen LogP contribution in [0.1, 0.15) is 17.2 Å². The molecule has 0 bridgehead atoms. The van der Waals surface area contributed by atoms with Crippen LogP contribution < -0.4 is 4.57 Å². The highest BCUT2D eigenvalue weighted by Gasteiger charge is 2.18. The van der Waals surface area contributed by atoms with Gasteiger partial charge in [0, 0.05) is 13.8 Å². The monoisotopic (exact) mass is 155 g/mol. The van der Waals surface area contributed by atoms with Gasteiger partial charge >= 0.3 is 0 Å². The number of hydrogen-bond acceptors (Lipinski definition) is 1. The second-order valence-electron chi connectivity index (χ2n) is 2.86. The molecule has 3 nitrogen and oxygen atoms in total. The van der Waals surface area contributed by atoms with Crippen LogP contribution in [0.5, 0.6) is 0 Å². The molecule has 1 aromatic rings. The SMILES string of the molecule is Cc1c(CO)[n+](C)c(C)n1C. The smallest absolute Gasteiger partial charge is 0.253 e. The van der Waals surface area contributed by atoms with Crippen LogP contribution in [0.25, 0.3) is 0 Å². The van der Waals surface area contributed by atoms with E-state index in [9.17, 15) is 0 Å². The van der Waals surface area contributed by atoms with Crippen LogP contribution >= 0.6 is 0 Å². The molecule has 1 rings (SSSR count). The summed E-state index contributed by atoms with van der Waals surface area (Å²) in [6.45, 7) is 4.16. The molecule has 1 aromatic heterocycles. The van der Waals surface area contributed by atoms with E-state index in [0.29, 0.717) is 0 Å². The second-order valence-corrected chi connectivity index (χ2v) is 2.86. The zero-order chi connectivity index (χ0) is 8.59. The third-order valence-corrected chi connectivity index (χ3v) is 2.45. The molecule has 11 heavy (non-hydrogen) atoms. The lowest BCUT2D eigenvalue weighted by atomic mass is 10.3. The van der Waals surface area contributed by atoms with Crippen molar-refractivity contribution in [2.45, 2.75) is 20.5 Å². The molecule has 0 spiro atoms. The number of hydrogen-bond donors (Lipinski definition) is 1. The van der Waals surface area contributed by atoms with Crippen LogP contribution in [0.3, 0.4) is 0 Å². The Kier molecular flexibility index (Phi) is 2.00. The van der Waals surface area contributed by atoms with E-state index in [4.69, 9.17) is 5.11 Å². The van der Waals surface area contributed by atoms with Crippen molar-refractivity contribution in [3.05, 3.63) is 17.2 Å². The fraction of sp³-hybridized carbons (Fsp3) is 0.625. The number of imidazole rings is 1. The lowest BCUT2D eigenvalue weighted by Gasteiger charge is -1.90. The van der Waals surface area contributed by atoms with Gasteiger partial charge in [-0.3, -0.25) is 0 Å². The summed E-state index contributed by atoms with van der Waals surface area (Å²) in [5, 5.41) is 9.00. The van der Waals surface area contributed by atoms with Gasteiger partial charge in [-0.25, -0.2) is 9.13 Å². The van der Waals surface area contributed by atoms with Crippen molar-refractivity contribution in [1.82, 2.24) is 4.57 Å². The molecule has 0 aliphatic carbocycles. The topological polar surface area (TPSA) is 29.0 Å². The second kappa shape index (κ2) is 2.66. The van der Waals surface area contributed by atoms with Gasteiger partial charge in [0.2, 0.25) is 0 Å². The number of aromatic nitrogens is 2. The minimum absolute atomic E-state index is 0.115. The molecule has 0 saturated heterocycles. The summed E-state index contributed by atoms with van der Waals surface area (Å²) in [5.74, 6) is 1.16. The molecule has 0 radical (unpaired) electrons. The van der Waals surface area contributed by atoms with E-state index in [1.54, 1.807) is 0 Å². The number of aliphatic hydroxyl groups excluding tert-OH is 1. The number of nitrogens with zero attached hydrogens (tertiary/aromatic N) is 2. The van der Waals surface area contributed by atoms with Gasteiger partial charge in [0.15, 0.2) is 5.69 Å². The average Bonchev–Trinajstić information content (AvgIpc) is 2.17. The van der Waals surface area contributed by atoms with Crippen molar-refractivity contribution in [3.63, 3.8) is 0 Å². The Bertz CT molecular complexity index is 251. The third kappa shape index (κ3) is 1.05. The molecule has 0 unspecified atom stereocenters. The molecule has 0 saturated carbocycles. The van der Waals surface area contributed by atoms with Crippen molar-refractivity contribution in [2.24, 2.45) is 14.1 Å². The summed E-state index contributed by atoms with van der Waals surface area (Å²) in [6, 6.07) is 0. The molecule has 1 N–H and O–H groups in total. The highest BCUT2D eigenvalue weighted by atomic mass is 16.3. The standard InChI is InChI=1S/C8H15N2O/c1-6-8(5-11)10(4)7(2)9(6)3/h11H,5H2,1-4H3/q+1. The normalized spacial score (nSPS) is 10.6. The molecular weight excluding hydrogens is 140 g/mol. The third-order valence-electron chi connectivity index (χ3n) is 2.45. The first-order valence-corrected chi connectivity index (χ1v) is 3.71. The molecule has 0 atom stereocenters. The Morgan fingerprint density at radius 3 is 2.18 bits per heavy atom. The molecule has 0 amide bonds. The fourth-order valence-corrected chi connectivity index (χ4v) is 1.32. The molecule has 3 heteroatoms. The Balaban J connectivity index is 3.36. The van der Waals surface area contributed by atoms with Crippen LogP contribution in [0, 0.1) is 13.8 Å². The summed E-state index contributed by atoms with van der Waals surface area (Å²) in [5.41, 5.74) is 2.12.